The number of thiazole rings is 1. The molecule has 0 saturated carbocycles. The van der Waals surface area contributed by atoms with Gasteiger partial charge in [-0.3, -0.25) is 4.99 Å². The maximum absolute atomic E-state index is 6.13. The highest BCUT2D eigenvalue weighted by Crippen LogP contribution is 2.23. The molecule has 0 aliphatic carbocycles. The molecule has 0 aliphatic rings. The lowest BCUT2D eigenvalue weighted by Crippen LogP contribution is -2.12. The quantitative estimate of drug-likeness (QED) is 0.582. The highest BCUT2D eigenvalue weighted by Gasteiger charge is 2.08. The van der Waals surface area contributed by atoms with Crippen molar-refractivity contribution in [3.05, 3.63) is 61.4 Å². The topological polar surface area (TPSA) is 29.6 Å². The molecule has 0 bridgehead atoms. The van der Waals surface area contributed by atoms with Gasteiger partial charge in [0.2, 0.25) is 4.80 Å². The van der Waals surface area contributed by atoms with Crippen LogP contribution in [0.1, 0.15) is 17.4 Å². The van der Waals surface area contributed by atoms with Crippen LogP contribution in [0, 0.1) is 6.92 Å². The lowest BCUT2D eigenvalue weighted by atomic mass is 10.2. The first kappa shape index (κ1) is 16.2. The first-order chi connectivity index (χ1) is 11.2. The van der Waals surface area contributed by atoms with Crippen molar-refractivity contribution in [2.75, 3.05) is 6.54 Å². The summed E-state index contributed by atoms with van der Waals surface area (Å²) >= 11 is 9.40. The highest BCUT2D eigenvalue weighted by molar-refractivity contribution is 7.11. The molecule has 0 amide bonds. The Hall–Kier alpha value is -1.69. The van der Waals surface area contributed by atoms with Gasteiger partial charge in [0.1, 0.15) is 0 Å². The number of halogens is 1. The van der Waals surface area contributed by atoms with Gasteiger partial charge in [0.05, 0.1) is 16.8 Å². The smallest absolute Gasteiger partial charge is 0.206 e. The van der Waals surface area contributed by atoms with E-state index in [4.69, 9.17) is 11.6 Å². The minimum absolute atomic E-state index is 0.715. The number of aromatic nitrogens is 1. The fourth-order valence-electron chi connectivity index (χ4n) is 2.13. The summed E-state index contributed by atoms with van der Waals surface area (Å²) in [5.41, 5.74) is 3.26. The van der Waals surface area contributed by atoms with Crippen molar-refractivity contribution in [2.24, 2.45) is 10.1 Å². The summed E-state index contributed by atoms with van der Waals surface area (Å²) in [5.74, 6) is 0. The number of hydrogen-bond acceptors (Lipinski definition) is 4. The second-order valence-electron chi connectivity index (χ2n) is 4.91. The molecular formula is C17H16ClN3S2. The van der Waals surface area contributed by atoms with Crippen molar-refractivity contribution >= 4 is 40.5 Å². The molecule has 0 radical (unpaired) electrons. The Morgan fingerprint density at radius 2 is 2.13 bits per heavy atom. The second kappa shape index (κ2) is 7.25. The summed E-state index contributed by atoms with van der Waals surface area (Å²) in [7, 11) is 0. The summed E-state index contributed by atoms with van der Waals surface area (Å²) in [4.78, 5) is 6.57. The van der Waals surface area contributed by atoms with E-state index in [0.29, 0.717) is 5.02 Å². The van der Waals surface area contributed by atoms with Gasteiger partial charge >= 0.3 is 0 Å². The summed E-state index contributed by atoms with van der Waals surface area (Å²) in [6.07, 6.45) is 1.90. The van der Waals surface area contributed by atoms with Gasteiger partial charge in [-0.15, -0.1) is 22.7 Å². The molecule has 6 heteroatoms. The van der Waals surface area contributed by atoms with Crippen LogP contribution in [0.5, 0.6) is 0 Å². The Labute approximate surface area is 148 Å². The van der Waals surface area contributed by atoms with Gasteiger partial charge in [-0.2, -0.15) is 5.10 Å². The van der Waals surface area contributed by atoms with Gasteiger partial charge in [-0.05, 0) is 43.0 Å². The van der Waals surface area contributed by atoms with E-state index in [1.807, 2.05) is 42.1 Å². The predicted octanol–water partition coefficient (Wildman–Crippen LogP) is 5.04. The van der Waals surface area contributed by atoms with Gasteiger partial charge in [0, 0.05) is 22.5 Å². The van der Waals surface area contributed by atoms with Crippen LogP contribution in [0.4, 0.5) is 0 Å². The largest absolute Gasteiger partial charge is 0.258 e. The van der Waals surface area contributed by atoms with Gasteiger partial charge in [-0.25, -0.2) is 4.68 Å². The average molecular weight is 362 g/mol. The molecule has 0 N–H and O–H groups in total. The zero-order valence-electron chi connectivity index (χ0n) is 12.9. The molecule has 0 fully saturated rings. The molecular weight excluding hydrogens is 346 g/mol. The van der Waals surface area contributed by atoms with E-state index in [9.17, 15) is 0 Å². The monoisotopic (exact) mass is 361 g/mol. The SMILES string of the molecule is CCN=c1scc(-c2cccc(Cl)c2)n1N=Cc1sccc1C. The second-order valence-corrected chi connectivity index (χ2v) is 7.13. The standard InChI is InChI=1S/C17H16ClN3S2/c1-3-19-17-21(20-10-16-12(2)7-8-22-16)15(11-23-17)13-5-4-6-14(18)9-13/h4-11H,3H2,1-2H3. The molecule has 23 heavy (non-hydrogen) atoms. The number of thiophene rings is 1. The van der Waals surface area contributed by atoms with Crippen LogP contribution in [-0.4, -0.2) is 17.4 Å². The van der Waals surface area contributed by atoms with E-state index in [0.717, 1.165) is 27.5 Å². The summed E-state index contributed by atoms with van der Waals surface area (Å²) in [5, 5.41) is 9.53. The molecule has 3 aromatic rings. The Morgan fingerprint density at radius 3 is 2.83 bits per heavy atom. The van der Waals surface area contributed by atoms with E-state index < -0.39 is 0 Å². The summed E-state index contributed by atoms with van der Waals surface area (Å²) in [6.45, 7) is 4.84. The molecule has 0 unspecified atom stereocenters. The molecule has 1 aromatic carbocycles. The van der Waals surface area contributed by atoms with Crippen LogP contribution in [0.2, 0.25) is 5.02 Å². The molecule has 3 nitrogen and oxygen atoms in total. The fourth-order valence-corrected chi connectivity index (χ4v) is 4.00. The van der Waals surface area contributed by atoms with Crippen molar-refractivity contribution < 1.29 is 0 Å². The van der Waals surface area contributed by atoms with Gasteiger partial charge in [-0.1, -0.05) is 23.7 Å². The van der Waals surface area contributed by atoms with Crippen LogP contribution < -0.4 is 4.80 Å². The van der Waals surface area contributed by atoms with Gasteiger partial charge < -0.3 is 0 Å². The number of benzene rings is 1. The minimum atomic E-state index is 0.715. The predicted molar refractivity (Wildman–Crippen MR) is 101 cm³/mol. The van der Waals surface area contributed by atoms with Crippen molar-refractivity contribution in [3.8, 4) is 11.3 Å². The number of hydrogen-bond donors (Lipinski definition) is 0. The third-order valence-electron chi connectivity index (χ3n) is 3.29. The van der Waals surface area contributed by atoms with Crippen LogP contribution in [0.25, 0.3) is 11.3 Å². The van der Waals surface area contributed by atoms with Crippen molar-refractivity contribution in [1.29, 1.82) is 0 Å². The molecule has 0 atom stereocenters. The highest BCUT2D eigenvalue weighted by atomic mass is 35.5. The molecule has 3 rings (SSSR count). The van der Waals surface area contributed by atoms with Crippen LogP contribution in [-0.2, 0) is 0 Å². The van der Waals surface area contributed by atoms with Crippen LogP contribution >= 0.6 is 34.3 Å². The Kier molecular flexibility index (Phi) is 5.10. The van der Waals surface area contributed by atoms with E-state index in [-0.39, 0.29) is 0 Å². The molecule has 2 aromatic heterocycles. The van der Waals surface area contributed by atoms with Crippen LogP contribution in [0.15, 0.2) is 51.2 Å². The number of nitrogens with zero attached hydrogens (tertiary/aromatic N) is 3. The third kappa shape index (κ3) is 3.63. The number of aryl methyl sites for hydroxylation is 1. The minimum Gasteiger partial charge on any atom is -0.258 e. The fraction of sp³-hybridized carbons (Fsp3) is 0.176. The zero-order valence-corrected chi connectivity index (χ0v) is 15.3. The lowest BCUT2D eigenvalue weighted by molar-refractivity contribution is 0.833. The summed E-state index contributed by atoms with van der Waals surface area (Å²) in [6, 6.07) is 9.90. The molecule has 0 aliphatic heterocycles. The average Bonchev–Trinajstić information content (AvgIpc) is 3.12. The van der Waals surface area contributed by atoms with E-state index in [2.05, 4.69) is 33.8 Å². The zero-order chi connectivity index (χ0) is 16.2. The summed E-state index contributed by atoms with van der Waals surface area (Å²) < 4.78 is 1.89. The van der Waals surface area contributed by atoms with E-state index in [1.54, 1.807) is 22.7 Å². The van der Waals surface area contributed by atoms with Gasteiger partial charge in [0.15, 0.2) is 0 Å². The van der Waals surface area contributed by atoms with E-state index >= 15 is 0 Å². The van der Waals surface area contributed by atoms with Crippen molar-refractivity contribution in [3.63, 3.8) is 0 Å². The lowest BCUT2D eigenvalue weighted by Gasteiger charge is -2.04. The molecule has 2 heterocycles. The van der Waals surface area contributed by atoms with E-state index in [1.165, 1.54) is 5.56 Å². The Balaban J connectivity index is 2.10. The first-order valence-electron chi connectivity index (χ1n) is 7.24. The Bertz CT molecular complexity index is 902. The first-order valence-corrected chi connectivity index (χ1v) is 9.38. The maximum Gasteiger partial charge on any atom is 0.206 e. The Morgan fingerprint density at radius 1 is 1.26 bits per heavy atom. The number of rotatable bonds is 4. The normalized spacial score (nSPS) is 12.4. The molecule has 0 saturated heterocycles. The van der Waals surface area contributed by atoms with Crippen molar-refractivity contribution in [1.82, 2.24) is 4.68 Å². The molecule has 0 spiro atoms. The van der Waals surface area contributed by atoms with Crippen LogP contribution in [0.3, 0.4) is 0 Å². The van der Waals surface area contributed by atoms with Crippen molar-refractivity contribution in [2.45, 2.75) is 13.8 Å². The third-order valence-corrected chi connectivity index (χ3v) is 5.33. The maximum atomic E-state index is 6.13. The van der Waals surface area contributed by atoms with Gasteiger partial charge in [0.25, 0.3) is 0 Å². The molecule has 118 valence electrons.